The molecular weight excluding hydrogens is 283 g/mol. The second-order valence-corrected chi connectivity index (χ2v) is 5.96. The van der Waals surface area contributed by atoms with Crippen LogP contribution in [0.4, 0.5) is 0 Å². The van der Waals surface area contributed by atoms with Crippen molar-refractivity contribution in [3.8, 4) is 0 Å². The maximum absolute atomic E-state index is 4.78. The summed E-state index contributed by atoms with van der Waals surface area (Å²) in [5.74, 6) is 0. The van der Waals surface area contributed by atoms with Gasteiger partial charge in [-0.15, -0.1) is 0 Å². The Bertz CT molecular complexity index is 773. The Morgan fingerprint density at radius 2 is 1.91 bits per heavy atom. The lowest BCUT2D eigenvalue weighted by atomic mass is 9.59. The molecule has 0 aliphatic carbocycles. The zero-order valence-electron chi connectivity index (χ0n) is 13.9. The van der Waals surface area contributed by atoms with Gasteiger partial charge >= 0.3 is 0 Å². The third-order valence-corrected chi connectivity index (χ3v) is 4.14. The van der Waals surface area contributed by atoms with Gasteiger partial charge in [0.1, 0.15) is 0 Å². The lowest BCUT2D eigenvalue weighted by molar-refractivity contribution is 0.581. The number of aromatic nitrogens is 2. The van der Waals surface area contributed by atoms with Crippen LogP contribution in [0.25, 0.3) is 5.57 Å². The molecule has 0 atom stereocenters. The first-order valence-electron chi connectivity index (χ1n) is 7.84. The Labute approximate surface area is 137 Å². The van der Waals surface area contributed by atoms with Gasteiger partial charge < -0.3 is 4.92 Å². The number of hydrazone groups is 1. The Kier molecular flexibility index (Phi) is 4.19. The van der Waals surface area contributed by atoms with Crippen molar-refractivity contribution in [2.24, 2.45) is 12.1 Å². The van der Waals surface area contributed by atoms with Crippen LogP contribution >= 0.6 is 0 Å². The number of rotatable bonds is 4. The van der Waals surface area contributed by atoms with Crippen LogP contribution in [0, 0.1) is 0 Å². The standard InChI is InChI=1S/C18H21BN4/c1-14-12-17(18-10-11-20-22(18)4)15(2)21-23(14)19(3)13-16-8-6-5-7-9-16/h5-12H,1,13H2,2-4H3. The molecule has 0 radical (unpaired) electrons. The van der Waals surface area contributed by atoms with Crippen molar-refractivity contribution in [3.05, 3.63) is 72.2 Å². The highest BCUT2D eigenvalue weighted by atomic mass is 15.4. The SMILES string of the molecule is C=C1C=C(c2ccnn2C)C(C)=NN1B(C)Cc1ccccc1. The third-order valence-electron chi connectivity index (χ3n) is 4.14. The first-order chi connectivity index (χ1) is 11.1. The Morgan fingerprint density at radius 1 is 1.17 bits per heavy atom. The second kappa shape index (κ2) is 6.28. The maximum atomic E-state index is 4.78. The molecule has 1 aliphatic heterocycles. The van der Waals surface area contributed by atoms with Crippen molar-refractivity contribution in [3.63, 3.8) is 0 Å². The van der Waals surface area contributed by atoms with Crippen LogP contribution < -0.4 is 0 Å². The zero-order chi connectivity index (χ0) is 16.4. The molecule has 0 bridgehead atoms. The summed E-state index contributed by atoms with van der Waals surface area (Å²) in [7, 11) is 1.94. The second-order valence-electron chi connectivity index (χ2n) is 5.96. The van der Waals surface area contributed by atoms with E-state index >= 15 is 0 Å². The van der Waals surface area contributed by atoms with E-state index in [1.807, 2.05) is 35.7 Å². The van der Waals surface area contributed by atoms with Gasteiger partial charge in [-0.3, -0.25) is 4.68 Å². The molecule has 3 rings (SSSR count). The normalized spacial score (nSPS) is 14.6. The molecule has 1 aromatic carbocycles. The van der Waals surface area contributed by atoms with Crippen molar-refractivity contribution in [2.75, 3.05) is 0 Å². The molecule has 1 aliphatic rings. The molecule has 5 heteroatoms. The molecule has 2 heterocycles. The summed E-state index contributed by atoms with van der Waals surface area (Å²) in [6.07, 6.45) is 4.84. The number of benzene rings is 1. The minimum absolute atomic E-state index is 0.254. The van der Waals surface area contributed by atoms with Crippen LogP contribution in [0.2, 0.25) is 6.82 Å². The fraction of sp³-hybridized carbons (Fsp3) is 0.222. The minimum Gasteiger partial charge on any atom is -0.311 e. The average molecular weight is 304 g/mol. The average Bonchev–Trinajstić information content (AvgIpc) is 2.96. The third kappa shape index (κ3) is 3.14. The highest BCUT2D eigenvalue weighted by Gasteiger charge is 2.24. The first-order valence-corrected chi connectivity index (χ1v) is 7.84. The van der Waals surface area contributed by atoms with Gasteiger partial charge in [-0.05, 0) is 25.4 Å². The summed E-state index contributed by atoms with van der Waals surface area (Å²) >= 11 is 0. The molecule has 23 heavy (non-hydrogen) atoms. The number of nitrogens with zero attached hydrogens (tertiary/aromatic N) is 4. The fourth-order valence-electron chi connectivity index (χ4n) is 2.94. The molecule has 0 saturated carbocycles. The monoisotopic (exact) mass is 304 g/mol. The molecule has 0 fully saturated rings. The lowest BCUT2D eigenvalue weighted by Crippen LogP contribution is -2.36. The largest absolute Gasteiger partial charge is 0.311 e. The van der Waals surface area contributed by atoms with Crippen LogP contribution in [0.3, 0.4) is 0 Å². The van der Waals surface area contributed by atoms with E-state index in [1.54, 1.807) is 6.20 Å². The van der Waals surface area contributed by atoms with Gasteiger partial charge in [0, 0.05) is 24.5 Å². The quantitative estimate of drug-likeness (QED) is 0.811. The fourth-order valence-corrected chi connectivity index (χ4v) is 2.94. The van der Waals surface area contributed by atoms with E-state index in [4.69, 9.17) is 5.10 Å². The van der Waals surface area contributed by atoms with Crippen molar-refractivity contribution in [1.29, 1.82) is 0 Å². The van der Waals surface area contributed by atoms with Gasteiger partial charge in [-0.2, -0.15) is 10.2 Å². The summed E-state index contributed by atoms with van der Waals surface area (Å²) in [5, 5.41) is 9.02. The molecule has 1 aromatic heterocycles. The van der Waals surface area contributed by atoms with Gasteiger partial charge in [0.2, 0.25) is 0 Å². The summed E-state index contributed by atoms with van der Waals surface area (Å²) in [6.45, 7) is 8.66. The van der Waals surface area contributed by atoms with E-state index in [2.05, 4.69) is 48.8 Å². The smallest absolute Gasteiger partial charge is 0.285 e. The number of hydrogen-bond acceptors (Lipinski definition) is 3. The van der Waals surface area contributed by atoms with Crippen LogP contribution in [0.1, 0.15) is 18.2 Å². The molecule has 0 N–H and O–H groups in total. The van der Waals surface area contributed by atoms with Gasteiger partial charge in [0.05, 0.1) is 11.4 Å². The van der Waals surface area contributed by atoms with E-state index in [-0.39, 0.29) is 6.85 Å². The van der Waals surface area contributed by atoms with Crippen molar-refractivity contribution >= 4 is 18.1 Å². The van der Waals surface area contributed by atoms with Gasteiger partial charge in [-0.25, -0.2) is 0 Å². The molecule has 116 valence electrons. The molecular formula is C18H21BN4. The van der Waals surface area contributed by atoms with E-state index in [1.165, 1.54) is 5.56 Å². The van der Waals surface area contributed by atoms with E-state index in [9.17, 15) is 0 Å². The highest BCUT2D eigenvalue weighted by Crippen LogP contribution is 2.25. The molecule has 0 spiro atoms. The predicted octanol–water partition coefficient (Wildman–Crippen LogP) is 3.41. The summed E-state index contributed by atoms with van der Waals surface area (Å²) in [4.78, 5) is 2.02. The van der Waals surface area contributed by atoms with E-state index < -0.39 is 0 Å². The first kappa shape index (κ1) is 15.3. The number of aryl methyl sites for hydroxylation is 1. The van der Waals surface area contributed by atoms with Crippen molar-refractivity contribution < 1.29 is 0 Å². The number of allylic oxidation sites excluding steroid dienone is 2. The van der Waals surface area contributed by atoms with Crippen molar-refractivity contribution in [2.45, 2.75) is 20.1 Å². The lowest BCUT2D eigenvalue weighted by Gasteiger charge is -2.30. The topological polar surface area (TPSA) is 33.4 Å². The van der Waals surface area contributed by atoms with Crippen LogP contribution in [-0.2, 0) is 13.4 Å². The molecule has 0 unspecified atom stereocenters. The number of hydrogen-bond donors (Lipinski definition) is 0. The molecule has 4 nitrogen and oxygen atoms in total. The van der Waals surface area contributed by atoms with Gasteiger partial charge in [0.25, 0.3) is 6.85 Å². The summed E-state index contributed by atoms with van der Waals surface area (Å²) in [6, 6.07) is 12.5. The molecule has 0 saturated heterocycles. The predicted molar refractivity (Wildman–Crippen MR) is 97.0 cm³/mol. The Hall–Kier alpha value is -2.56. The van der Waals surface area contributed by atoms with Crippen LogP contribution in [0.5, 0.6) is 0 Å². The van der Waals surface area contributed by atoms with Gasteiger partial charge in [0.15, 0.2) is 0 Å². The Morgan fingerprint density at radius 3 is 2.57 bits per heavy atom. The zero-order valence-corrected chi connectivity index (χ0v) is 13.9. The van der Waals surface area contributed by atoms with Crippen molar-refractivity contribution in [1.82, 2.24) is 14.7 Å². The summed E-state index contributed by atoms with van der Waals surface area (Å²) in [5.41, 5.74) is 5.35. The maximum Gasteiger partial charge on any atom is 0.285 e. The van der Waals surface area contributed by atoms with Crippen LogP contribution in [0.15, 0.2) is 66.0 Å². The van der Waals surface area contributed by atoms with Crippen LogP contribution in [-0.4, -0.2) is 27.3 Å². The molecule has 0 amide bonds. The molecule has 2 aromatic rings. The minimum atomic E-state index is 0.254. The van der Waals surface area contributed by atoms with E-state index in [0.717, 1.165) is 29.0 Å². The van der Waals surface area contributed by atoms with E-state index in [0.29, 0.717) is 0 Å². The summed E-state index contributed by atoms with van der Waals surface area (Å²) < 4.78 is 1.86. The Balaban J connectivity index is 1.81. The highest BCUT2D eigenvalue weighted by molar-refractivity contribution is 6.54. The van der Waals surface area contributed by atoms with Gasteiger partial charge in [-0.1, -0.05) is 49.3 Å².